The molecule has 0 saturated carbocycles. The number of nitrogens with zero attached hydrogens (tertiary/aromatic N) is 1. The van der Waals surface area contributed by atoms with Gasteiger partial charge in [0, 0.05) is 12.1 Å². The number of hydrogen-bond acceptors (Lipinski definition) is 2. The molecule has 0 aliphatic heterocycles. The van der Waals surface area contributed by atoms with E-state index in [1.54, 1.807) is 18.2 Å². The summed E-state index contributed by atoms with van der Waals surface area (Å²) in [5.74, 6) is -0.702. The third kappa shape index (κ3) is 3.21. The van der Waals surface area contributed by atoms with Crippen LogP contribution in [0.15, 0.2) is 53.5 Å². The van der Waals surface area contributed by atoms with Gasteiger partial charge in [-0.05, 0) is 34.9 Å². The molecular formula is C15H16N4O. The van der Waals surface area contributed by atoms with Crippen LogP contribution in [-0.2, 0) is 6.54 Å². The molecule has 0 heterocycles. The van der Waals surface area contributed by atoms with Gasteiger partial charge in [0.05, 0.1) is 0 Å². The van der Waals surface area contributed by atoms with Gasteiger partial charge < -0.3 is 17.2 Å². The zero-order chi connectivity index (χ0) is 14.5. The van der Waals surface area contributed by atoms with Gasteiger partial charge in [0.25, 0.3) is 5.91 Å². The highest BCUT2D eigenvalue weighted by molar-refractivity contribution is 6.02. The summed E-state index contributed by atoms with van der Waals surface area (Å²) in [5.41, 5.74) is 19.4. The number of carbonyl (C=O) groups is 1. The van der Waals surface area contributed by atoms with Crippen LogP contribution < -0.4 is 17.2 Å². The van der Waals surface area contributed by atoms with Gasteiger partial charge in [0.2, 0.25) is 0 Å². The lowest BCUT2D eigenvalue weighted by atomic mass is 10.0. The Morgan fingerprint density at radius 3 is 2.30 bits per heavy atom. The van der Waals surface area contributed by atoms with Gasteiger partial charge in [0.15, 0.2) is 5.96 Å². The van der Waals surface area contributed by atoms with Crippen molar-refractivity contribution in [1.29, 1.82) is 0 Å². The lowest BCUT2D eigenvalue weighted by Gasteiger charge is -2.05. The fraction of sp³-hybridized carbons (Fsp3) is 0.0667. The maximum atomic E-state index is 11.8. The van der Waals surface area contributed by atoms with Crippen molar-refractivity contribution >= 4 is 11.9 Å². The first kappa shape index (κ1) is 13.8. The van der Waals surface area contributed by atoms with E-state index in [0.29, 0.717) is 12.1 Å². The van der Waals surface area contributed by atoms with Gasteiger partial charge in [-0.25, -0.2) is 0 Å². The average Bonchev–Trinajstić information content (AvgIpc) is 2.47. The highest BCUT2D eigenvalue weighted by atomic mass is 16.1. The van der Waals surface area contributed by atoms with Crippen LogP contribution in [0.2, 0.25) is 0 Å². The van der Waals surface area contributed by atoms with Crippen LogP contribution in [0.1, 0.15) is 15.9 Å². The zero-order valence-corrected chi connectivity index (χ0v) is 10.9. The van der Waals surface area contributed by atoms with E-state index in [9.17, 15) is 4.79 Å². The van der Waals surface area contributed by atoms with Gasteiger partial charge >= 0.3 is 0 Å². The highest BCUT2D eigenvalue weighted by Gasteiger charge is 2.06. The predicted molar refractivity (Wildman–Crippen MR) is 79.9 cm³/mol. The summed E-state index contributed by atoms with van der Waals surface area (Å²) in [6, 6.07) is 15.0. The van der Waals surface area contributed by atoms with Gasteiger partial charge in [-0.1, -0.05) is 30.3 Å². The van der Waals surface area contributed by atoms with Crippen molar-refractivity contribution in [3.63, 3.8) is 0 Å². The maximum absolute atomic E-state index is 11.8. The van der Waals surface area contributed by atoms with Gasteiger partial charge in [0.1, 0.15) is 0 Å². The Labute approximate surface area is 117 Å². The standard InChI is InChI=1S/C15H16N4O/c16-9-10-3-1-4-11(7-10)12-5-2-6-13(8-12)14(20)19-15(17)18/h1-8H,9,16H2,(H4,17,18,19,20). The molecule has 0 spiro atoms. The van der Waals surface area contributed by atoms with Crippen LogP contribution in [-0.4, -0.2) is 11.9 Å². The molecule has 20 heavy (non-hydrogen) atoms. The number of amides is 1. The number of benzene rings is 2. The summed E-state index contributed by atoms with van der Waals surface area (Å²) in [7, 11) is 0. The van der Waals surface area contributed by atoms with Crippen molar-refractivity contribution in [2.24, 2.45) is 22.2 Å². The second kappa shape index (κ2) is 5.99. The molecule has 102 valence electrons. The monoisotopic (exact) mass is 268 g/mol. The minimum Gasteiger partial charge on any atom is -0.370 e. The Balaban J connectivity index is 2.39. The molecule has 0 radical (unpaired) electrons. The second-order valence-corrected chi connectivity index (χ2v) is 4.33. The molecule has 0 aliphatic rings. The molecule has 1 amide bonds. The first-order chi connectivity index (χ1) is 9.60. The quantitative estimate of drug-likeness (QED) is 0.574. The summed E-state index contributed by atoms with van der Waals surface area (Å²) < 4.78 is 0. The zero-order valence-electron chi connectivity index (χ0n) is 10.9. The minimum absolute atomic E-state index is 0.245. The molecule has 0 aromatic heterocycles. The van der Waals surface area contributed by atoms with Gasteiger partial charge in [-0.15, -0.1) is 0 Å². The van der Waals surface area contributed by atoms with Crippen LogP contribution in [0, 0.1) is 0 Å². The Hall–Kier alpha value is -2.66. The predicted octanol–water partition coefficient (Wildman–Crippen LogP) is 1.23. The van der Waals surface area contributed by atoms with Crippen LogP contribution in [0.4, 0.5) is 0 Å². The van der Waals surface area contributed by atoms with Crippen molar-refractivity contribution in [2.75, 3.05) is 0 Å². The average molecular weight is 268 g/mol. The molecule has 5 nitrogen and oxygen atoms in total. The Morgan fingerprint density at radius 2 is 1.65 bits per heavy atom. The molecular weight excluding hydrogens is 252 g/mol. The molecule has 0 saturated heterocycles. The van der Waals surface area contributed by atoms with E-state index in [2.05, 4.69) is 4.99 Å². The summed E-state index contributed by atoms with van der Waals surface area (Å²) in [6.45, 7) is 0.473. The number of rotatable bonds is 3. The van der Waals surface area contributed by atoms with Crippen molar-refractivity contribution in [1.82, 2.24) is 0 Å². The Bertz CT molecular complexity index is 660. The first-order valence-corrected chi connectivity index (χ1v) is 6.13. The van der Waals surface area contributed by atoms with Gasteiger partial charge in [-0.3, -0.25) is 4.79 Å². The second-order valence-electron chi connectivity index (χ2n) is 4.33. The molecule has 0 aliphatic carbocycles. The third-order valence-corrected chi connectivity index (χ3v) is 2.84. The van der Waals surface area contributed by atoms with Crippen molar-refractivity contribution < 1.29 is 4.79 Å². The van der Waals surface area contributed by atoms with E-state index in [4.69, 9.17) is 17.2 Å². The lowest BCUT2D eigenvalue weighted by molar-refractivity contribution is 0.100. The normalized spacial score (nSPS) is 10.1. The molecule has 2 aromatic carbocycles. The topological polar surface area (TPSA) is 107 Å². The van der Waals surface area contributed by atoms with Crippen LogP contribution in [0.5, 0.6) is 0 Å². The van der Waals surface area contributed by atoms with Crippen molar-refractivity contribution in [3.05, 3.63) is 59.7 Å². The summed E-state index contributed by atoms with van der Waals surface area (Å²) in [6.07, 6.45) is 0. The van der Waals surface area contributed by atoms with Crippen LogP contribution in [0.25, 0.3) is 11.1 Å². The molecule has 0 bridgehead atoms. The van der Waals surface area contributed by atoms with E-state index >= 15 is 0 Å². The number of guanidine groups is 1. The first-order valence-electron chi connectivity index (χ1n) is 6.13. The van der Waals surface area contributed by atoms with Crippen molar-refractivity contribution in [2.45, 2.75) is 6.54 Å². The molecule has 0 unspecified atom stereocenters. The summed E-state index contributed by atoms with van der Waals surface area (Å²) in [5, 5.41) is 0. The van der Waals surface area contributed by atoms with E-state index < -0.39 is 5.91 Å². The van der Waals surface area contributed by atoms with E-state index in [0.717, 1.165) is 16.7 Å². The van der Waals surface area contributed by atoms with E-state index in [-0.39, 0.29) is 5.96 Å². The molecule has 5 heteroatoms. The van der Waals surface area contributed by atoms with Gasteiger partial charge in [-0.2, -0.15) is 4.99 Å². The largest absolute Gasteiger partial charge is 0.370 e. The molecule has 2 rings (SSSR count). The summed E-state index contributed by atoms with van der Waals surface area (Å²) >= 11 is 0. The smallest absolute Gasteiger partial charge is 0.280 e. The van der Waals surface area contributed by atoms with Crippen LogP contribution >= 0.6 is 0 Å². The SMILES string of the molecule is NCc1cccc(-c2cccc(C(=O)N=C(N)N)c2)c1. The fourth-order valence-corrected chi connectivity index (χ4v) is 1.89. The maximum Gasteiger partial charge on any atom is 0.280 e. The Kier molecular flexibility index (Phi) is 4.12. The van der Waals surface area contributed by atoms with E-state index in [1.807, 2.05) is 30.3 Å². The summed E-state index contributed by atoms with van der Waals surface area (Å²) in [4.78, 5) is 15.3. The Morgan fingerprint density at radius 1 is 1.00 bits per heavy atom. The lowest BCUT2D eigenvalue weighted by Crippen LogP contribution is -2.24. The molecule has 6 N–H and O–H groups in total. The fourth-order valence-electron chi connectivity index (χ4n) is 1.89. The molecule has 0 fully saturated rings. The number of carbonyl (C=O) groups excluding carboxylic acids is 1. The third-order valence-electron chi connectivity index (χ3n) is 2.84. The molecule has 0 atom stereocenters. The van der Waals surface area contributed by atoms with Crippen molar-refractivity contribution in [3.8, 4) is 11.1 Å². The minimum atomic E-state index is -0.457. The van der Waals surface area contributed by atoms with Crippen LogP contribution in [0.3, 0.4) is 0 Å². The number of nitrogens with two attached hydrogens (primary N) is 3. The highest BCUT2D eigenvalue weighted by Crippen LogP contribution is 2.21. The molecule has 2 aromatic rings. The number of hydrogen-bond donors (Lipinski definition) is 3. The number of aliphatic imine (C=N–C) groups is 1. The van der Waals surface area contributed by atoms with E-state index in [1.165, 1.54) is 0 Å².